The van der Waals surface area contributed by atoms with Crippen molar-refractivity contribution in [2.75, 3.05) is 61.1 Å². The average molecular weight is 922 g/mol. The molecule has 18 nitrogen and oxygen atoms in total. The summed E-state index contributed by atoms with van der Waals surface area (Å²) < 4.78 is 77.9. The van der Waals surface area contributed by atoms with Gasteiger partial charge in [-0.05, 0) is 62.6 Å². The first-order valence-electron chi connectivity index (χ1n) is 21.6. The predicted octanol–water partition coefficient (Wildman–Crippen LogP) is 2.63. The van der Waals surface area contributed by atoms with Crippen LogP contribution in [0.2, 0.25) is 0 Å². The number of benzene rings is 1. The predicted molar refractivity (Wildman–Crippen MR) is 233 cm³/mol. The summed E-state index contributed by atoms with van der Waals surface area (Å²) in [5, 5.41) is 8.99. The molecule has 8 rings (SSSR count). The minimum atomic E-state index is -3.14. The number of para-hydroxylation sites is 1. The molecule has 4 N–H and O–H groups in total. The third kappa shape index (κ3) is 9.96. The standard InChI is InChI=1S/C43H50F3N11O7S/c1-53-38-27(4-2-6-32(38)57(43(53)61)33-11-12-36(58)51-42(33)60)5-3-19-64-34-14-16-54(24-30(34)44)23-26-7-9-28(10-8-26)56-25-31(37(52-56)39(45)46)49-41(59)29(22-47)40-48-15-13-35(50-40)55-17-20-65(62,63)21-18-55/h2,4,6,13,15,22,25-26,28,30,33-34,39H,7-12,14,16-21,23-24,47H2,1H3,(H,49,59)(H,51,58,60)/t26?,28?,30-,33?,34-/m0/s1. The lowest BCUT2D eigenvalue weighted by Crippen LogP contribution is -2.47. The number of carbonyl (C=O) groups excluding carboxylic acids is 3. The van der Waals surface area contributed by atoms with Gasteiger partial charge in [0, 0.05) is 64.8 Å². The Morgan fingerprint density at radius 3 is 2.55 bits per heavy atom. The Balaban J connectivity index is 0.816. The lowest BCUT2D eigenvalue weighted by Gasteiger charge is -2.38. The van der Waals surface area contributed by atoms with Crippen molar-refractivity contribution in [3.63, 3.8) is 0 Å². The van der Waals surface area contributed by atoms with Crippen molar-refractivity contribution in [1.29, 1.82) is 0 Å². The molecule has 22 heteroatoms. The number of imidazole rings is 1. The molecule has 65 heavy (non-hydrogen) atoms. The van der Waals surface area contributed by atoms with Crippen LogP contribution in [0, 0.1) is 17.8 Å². The number of anilines is 2. The number of sulfone groups is 1. The number of nitrogens with two attached hydrogens (primary N) is 1. The molecule has 1 saturated carbocycles. The number of rotatable bonds is 11. The Kier molecular flexibility index (Phi) is 13.4. The molecule has 1 aromatic carbocycles. The zero-order valence-corrected chi connectivity index (χ0v) is 36.5. The van der Waals surface area contributed by atoms with Crippen molar-refractivity contribution in [3.05, 3.63) is 70.4 Å². The van der Waals surface area contributed by atoms with Gasteiger partial charge in [-0.25, -0.2) is 36.4 Å². The van der Waals surface area contributed by atoms with Gasteiger partial charge in [0.25, 0.3) is 12.3 Å². The first kappa shape index (κ1) is 45.5. The molecule has 3 atom stereocenters. The highest BCUT2D eigenvalue weighted by Crippen LogP contribution is 2.36. The molecule has 3 amide bonds. The van der Waals surface area contributed by atoms with Crippen LogP contribution in [-0.2, 0) is 36.0 Å². The Morgan fingerprint density at radius 1 is 1.08 bits per heavy atom. The monoisotopic (exact) mass is 921 g/mol. The number of nitrogens with zero attached hydrogens (tertiary/aromatic N) is 8. The molecule has 3 aromatic heterocycles. The van der Waals surface area contributed by atoms with E-state index in [1.54, 1.807) is 36.2 Å². The number of hydrogen-bond donors (Lipinski definition) is 3. The van der Waals surface area contributed by atoms with E-state index < -0.39 is 57.8 Å². The van der Waals surface area contributed by atoms with Crippen molar-refractivity contribution in [2.45, 2.75) is 75.7 Å². The first-order valence-corrected chi connectivity index (χ1v) is 23.4. The number of aromatic nitrogens is 6. The van der Waals surface area contributed by atoms with Gasteiger partial charge in [0.2, 0.25) is 11.8 Å². The Bertz CT molecular complexity index is 2720. The van der Waals surface area contributed by atoms with Crippen LogP contribution >= 0.6 is 0 Å². The Morgan fingerprint density at radius 2 is 1.85 bits per heavy atom. The van der Waals surface area contributed by atoms with E-state index in [0.29, 0.717) is 54.8 Å². The van der Waals surface area contributed by atoms with Crippen LogP contribution in [0.25, 0.3) is 16.6 Å². The van der Waals surface area contributed by atoms with Crippen molar-refractivity contribution >= 4 is 55.7 Å². The second kappa shape index (κ2) is 19.2. The van der Waals surface area contributed by atoms with Crippen LogP contribution in [0.3, 0.4) is 0 Å². The van der Waals surface area contributed by atoms with E-state index >= 15 is 4.39 Å². The summed E-state index contributed by atoms with van der Waals surface area (Å²) in [6.45, 7) is 1.92. The van der Waals surface area contributed by atoms with Gasteiger partial charge in [0.15, 0.2) is 21.4 Å². The number of amides is 3. The topological polar surface area (TPSA) is 222 Å². The quantitative estimate of drug-likeness (QED) is 0.112. The number of imide groups is 1. The summed E-state index contributed by atoms with van der Waals surface area (Å²) >= 11 is 0. The summed E-state index contributed by atoms with van der Waals surface area (Å²) in [7, 11) is -1.54. The van der Waals surface area contributed by atoms with E-state index in [9.17, 15) is 36.4 Å². The van der Waals surface area contributed by atoms with Crippen LogP contribution in [0.15, 0.2) is 47.7 Å². The average Bonchev–Trinajstić information content (AvgIpc) is 3.81. The fraction of sp³-hybridized carbons (Fsp3) is 0.512. The number of hydrogen-bond acceptors (Lipinski definition) is 13. The largest absolute Gasteiger partial charge is 0.404 e. The van der Waals surface area contributed by atoms with E-state index in [1.165, 1.54) is 26.2 Å². The SMILES string of the molecule is Cn1c(=O)n(C2CCC(=O)NC2=O)c2cccc(C#CCO[C@H]3CCN(CC4CCC(n5cc(NC(=O)C(=CN)c6nccc(N7CCS(=O)(=O)CC7)n6)c(C(F)F)n5)CC4)C[C@@H]3F)c21. The molecule has 0 bridgehead atoms. The lowest BCUT2D eigenvalue weighted by molar-refractivity contribution is -0.135. The summed E-state index contributed by atoms with van der Waals surface area (Å²) in [6, 6.07) is 5.80. The number of piperidine rings is 2. The first-order chi connectivity index (χ1) is 31.2. The minimum Gasteiger partial charge on any atom is -0.404 e. The van der Waals surface area contributed by atoms with Gasteiger partial charge in [-0.15, -0.1) is 0 Å². The maximum Gasteiger partial charge on any atom is 0.329 e. The van der Waals surface area contributed by atoms with Gasteiger partial charge in [0.05, 0.1) is 51.5 Å². The highest BCUT2D eigenvalue weighted by molar-refractivity contribution is 7.91. The fourth-order valence-electron chi connectivity index (χ4n) is 9.19. The molecule has 4 aliphatic rings. The number of alkyl halides is 3. The molecule has 1 unspecified atom stereocenters. The number of nitrogens with one attached hydrogen (secondary N) is 2. The minimum absolute atomic E-state index is 0.0251. The zero-order chi connectivity index (χ0) is 46.0. The zero-order valence-electron chi connectivity index (χ0n) is 35.7. The number of halogens is 3. The van der Waals surface area contributed by atoms with Gasteiger partial charge in [-0.1, -0.05) is 17.9 Å². The highest BCUT2D eigenvalue weighted by Gasteiger charge is 2.34. The Hall–Kier alpha value is -6.05. The number of aryl methyl sites for hydroxylation is 1. The number of likely N-dealkylation sites (tertiary alicyclic amines) is 1. The van der Waals surface area contributed by atoms with E-state index in [4.69, 9.17) is 10.5 Å². The van der Waals surface area contributed by atoms with E-state index in [2.05, 4.69) is 42.4 Å². The van der Waals surface area contributed by atoms with Gasteiger partial charge in [-0.2, -0.15) is 5.10 Å². The second-order valence-corrected chi connectivity index (χ2v) is 19.2. The molecule has 0 radical (unpaired) electrons. The maximum atomic E-state index is 15.5. The van der Waals surface area contributed by atoms with Gasteiger partial charge in [-0.3, -0.25) is 38.4 Å². The molecule has 346 valence electrons. The summed E-state index contributed by atoms with van der Waals surface area (Å²) in [5.41, 5.74) is 6.10. The van der Waals surface area contributed by atoms with E-state index in [0.717, 1.165) is 19.0 Å². The Labute approximate surface area is 372 Å². The molecule has 1 aliphatic carbocycles. The lowest BCUT2D eigenvalue weighted by atomic mass is 9.85. The van der Waals surface area contributed by atoms with Crippen molar-refractivity contribution in [1.82, 2.24) is 39.1 Å². The second-order valence-electron chi connectivity index (χ2n) is 16.9. The summed E-state index contributed by atoms with van der Waals surface area (Å²) in [6.07, 6.45) is 2.60. The van der Waals surface area contributed by atoms with Crippen molar-refractivity contribution < 1.29 is 40.7 Å². The molecular weight excluding hydrogens is 872 g/mol. The fourth-order valence-corrected chi connectivity index (χ4v) is 10.4. The molecule has 3 saturated heterocycles. The van der Waals surface area contributed by atoms with Crippen LogP contribution in [0.1, 0.15) is 80.5 Å². The third-order valence-corrected chi connectivity index (χ3v) is 14.3. The van der Waals surface area contributed by atoms with Crippen molar-refractivity contribution in [2.24, 2.45) is 18.7 Å². The van der Waals surface area contributed by atoms with Gasteiger partial charge >= 0.3 is 5.69 Å². The van der Waals surface area contributed by atoms with Crippen molar-refractivity contribution in [3.8, 4) is 11.8 Å². The third-order valence-electron chi connectivity index (χ3n) is 12.7. The van der Waals surface area contributed by atoms with Gasteiger partial charge < -0.3 is 20.7 Å². The van der Waals surface area contributed by atoms with Crippen LogP contribution in [0.5, 0.6) is 0 Å². The molecule has 4 fully saturated rings. The van der Waals surface area contributed by atoms with Crippen LogP contribution in [0.4, 0.5) is 24.7 Å². The molecule has 0 spiro atoms. The summed E-state index contributed by atoms with van der Waals surface area (Å²) in [4.78, 5) is 63.3. The van der Waals surface area contributed by atoms with E-state index in [1.807, 2.05) is 0 Å². The number of ether oxygens (including phenoxy) is 1. The normalized spacial score (nSPS) is 24.2. The number of carbonyl (C=O) groups is 3. The summed E-state index contributed by atoms with van der Waals surface area (Å²) in [5.74, 6) is 4.83. The molecule has 3 aliphatic heterocycles. The molecule has 6 heterocycles. The number of fused-ring (bicyclic) bond motifs is 1. The van der Waals surface area contributed by atoms with Crippen LogP contribution < -0.4 is 27.0 Å². The molecule has 4 aromatic rings. The van der Waals surface area contributed by atoms with Crippen LogP contribution in [-0.4, -0.2) is 123 Å². The smallest absolute Gasteiger partial charge is 0.329 e. The van der Waals surface area contributed by atoms with E-state index in [-0.39, 0.29) is 85.5 Å². The maximum absolute atomic E-state index is 15.5. The van der Waals surface area contributed by atoms with Gasteiger partial charge in [0.1, 0.15) is 24.6 Å². The molecular formula is C43H50F3N11O7S. The highest BCUT2D eigenvalue weighted by atomic mass is 32.2.